The van der Waals surface area contributed by atoms with Crippen LogP contribution in [0, 0.1) is 5.92 Å². The lowest BCUT2D eigenvalue weighted by Crippen LogP contribution is -2.45. The summed E-state index contributed by atoms with van der Waals surface area (Å²) in [5.74, 6) is 1.72. The fourth-order valence-electron chi connectivity index (χ4n) is 2.84. The molecular weight excluding hydrogens is 344 g/mol. The summed E-state index contributed by atoms with van der Waals surface area (Å²) >= 11 is 0. The summed E-state index contributed by atoms with van der Waals surface area (Å²) in [6, 6.07) is 5.75. The van der Waals surface area contributed by atoms with E-state index in [0.717, 1.165) is 38.4 Å². The van der Waals surface area contributed by atoms with Crippen molar-refractivity contribution in [2.75, 3.05) is 46.6 Å². The molecule has 1 unspecified atom stereocenters. The molecule has 1 N–H and O–H groups in total. The third-order valence-corrected chi connectivity index (χ3v) is 4.21. The molecule has 2 rings (SSSR count). The Hall–Kier alpha value is -2.05. The predicted molar refractivity (Wildman–Crippen MR) is 107 cm³/mol. The van der Waals surface area contributed by atoms with E-state index in [-0.39, 0.29) is 11.9 Å². The average Bonchev–Trinajstić information content (AvgIpc) is 2.65. The summed E-state index contributed by atoms with van der Waals surface area (Å²) in [5, 5.41) is 3.01. The molecule has 27 heavy (non-hydrogen) atoms. The minimum absolute atomic E-state index is 0.0848. The van der Waals surface area contributed by atoms with Crippen LogP contribution in [0.4, 0.5) is 0 Å². The monoisotopic (exact) mass is 376 g/mol. The summed E-state index contributed by atoms with van der Waals surface area (Å²) in [6.07, 6.45) is 3.34. The number of nitrogens with one attached hydrogen (secondary N) is 1. The second-order valence-corrected chi connectivity index (χ2v) is 7.27. The first-order chi connectivity index (χ1) is 13.0. The Balaban J connectivity index is 1.86. The largest absolute Gasteiger partial charge is 0.493 e. The molecule has 0 aliphatic carbocycles. The van der Waals surface area contributed by atoms with Gasteiger partial charge in [0.1, 0.15) is 0 Å². The zero-order chi connectivity index (χ0) is 19.6. The highest BCUT2D eigenvalue weighted by molar-refractivity contribution is 5.92. The molecule has 6 nitrogen and oxygen atoms in total. The third-order valence-electron chi connectivity index (χ3n) is 4.21. The minimum atomic E-state index is -0.102. The Labute approximate surface area is 162 Å². The second-order valence-electron chi connectivity index (χ2n) is 7.27. The van der Waals surface area contributed by atoms with E-state index in [1.165, 1.54) is 0 Å². The van der Waals surface area contributed by atoms with Gasteiger partial charge in [-0.2, -0.15) is 0 Å². The van der Waals surface area contributed by atoms with Crippen LogP contribution < -0.4 is 14.8 Å². The number of ether oxygens (including phenoxy) is 3. The van der Waals surface area contributed by atoms with E-state index in [1.807, 2.05) is 25.1 Å². The average molecular weight is 376 g/mol. The van der Waals surface area contributed by atoms with E-state index >= 15 is 0 Å². The van der Waals surface area contributed by atoms with Gasteiger partial charge >= 0.3 is 0 Å². The van der Waals surface area contributed by atoms with Crippen LogP contribution in [0.15, 0.2) is 24.3 Å². The minimum Gasteiger partial charge on any atom is -0.493 e. The van der Waals surface area contributed by atoms with Gasteiger partial charge in [0, 0.05) is 31.8 Å². The lowest BCUT2D eigenvalue weighted by Gasteiger charge is -2.29. The Bertz CT molecular complexity index is 625. The van der Waals surface area contributed by atoms with E-state index in [2.05, 4.69) is 24.1 Å². The summed E-state index contributed by atoms with van der Waals surface area (Å²) in [7, 11) is 1.62. The lowest BCUT2D eigenvalue weighted by atomic mass is 10.1. The van der Waals surface area contributed by atoms with Crippen molar-refractivity contribution in [1.82, 2.24) is 10.2 Å². The van der Waals surface area contributed by atoms with Crippen molar-refractivity contribution in [3.8, 4) is 11.5 Å². The quantitative estimate of drug-likeness (QED) is 0.671. The number of benzene rings is 1. The Morgan fingerprint density at radius 3 is 2.67 bits per heavy atom. The maximum atomic E-state index is 12.2. The number of carbonyl (C=O) groups is 1. The Morgan fingerprint density at radius 1 is 1.26 bits per heavy atom. The zero-order valence-electron chi connectivity index (χ0n) is 16.9. The molecule has 1 aliphatic rings. The van der Waals surface area contributed by atoms with Gasteiger partial charge in [0.05, 0.1) is 26.9 Å². The normalized spacial score (nSPS) is 16.5. The van der Waals surface area contributed by atoms with Crippen LogP contribution in [0.5, 0.6) is 11.5 Å². The molecule has 1 atom stereocenters. The standard InChI is InChI=1S/C21H32N2O4/c1-16(2)15-27-19-7-5-18(13-20(19)25-4)6-8-21(24)22-17(3)14-23-9-11-26-12-10-23/h5-8,13,16-17H,9-12,14-15H2,1-4H3,(H,22,24)/b8-6+. The number of carbonyl (C=O) groups excluding carboxylic acids is 1. The van der Waals surface area contributed by atoms with Crippen molar-refractivity contribution in [2.24, 2.45) is 5.92 Å². The molecule has 1 aliphatic heterocycles. The molecule has 1 aromatic carbocycles. The van der Waals surface area contributed by atoms with Crippen LogP contribution >= 0.6 is 0 Å². The van der Waals surface area contributed by atoms with Crippen LogP contribution in [0.3, 0.4) is 0 Å². The van der Waals surface area contributed by atoms with Gasteiger partial charge in [0.25, 0.3) is 0 Å². The van der Waals surface area contributed by atoms with Crippen LogP contribution in [-0.4, -0.2) is 63.4 Å². The number of rotatable bonds is 9. The number of hydrogen-bond acceptors (Lipinski definition) is 5. The van der Waals surface area contributed by atoms with Crippen LogP contribution in [0.2, 0.25) is 0 Å². The lowest BCUT2D eigenvalue weighted by molar-refractivity contribution is -0.117. The van der Waals surface area contributed by atoms with Crippen molar-refractivity contribution in [1.29, 1.82) is 0 Å². The Kier molecular flexibility index (Phi) is 8.61. The molecular formula is C21H32N2O4. The van der Waals surface area contributed by atoms with E-state index in [0.29, 0.717) is 24.0 Å². The summed E-state index contributed by atoms with van der Waals surface area (Å²) < 4.78 is 16.5. The van der Waals surface area contributed by atoms with Gasteiger partial charge in [-0.25, -0.2) is 0 Å². The molecule has 1 aromatic rings. The molecule has 0 saturated carbocycles. The van der Waals surface area contributed by atoms with Crippen molar-refractivity contribution in [3.63, 3.8) is 0 Å². The summed E-state index contributed by atoms with van der Waals surface area (Å²) in [6.45, 7) is 11.0. The van der Waals surface area contributed by atoms with Gasteiger partial charge in [0.2, 0.25) is 5.91 Å². The number of methoxy groups -OCH3 is 1. The number of amides is 1. The van der Waals surface area contributed by atoms with Gasteiger partial charge in [-0.3, -0.25) is 9.69 Å². The predicted octanol–water partition coefficient (Wildman–Crippen LogP) is 2.58. The Morgan fingerprint density at radius 2 is 2.00 bits per heavy atom. The zero-order valence-corrected chi connectivity index (χ0v) is 16.9. The van der Waals surface area contributed by atoms with Gasteiger partial charge in [0.15, 0.2) is 11.5 Å². The molecule has 0 spiro atoms. The highest BCUT2D eigenvalue weighted by Crippen LogP contribution is 2.28. The summed E-state index contributed by atoms with van der Waals surface area (Å²) in [4.78, 5) is 14.5. The number of morpholine rings is 1. The van der Waals surface area contributed by atoms with Gasteiger partial charge in [-0.15, -0.1) is 0 Å². The van der Waals surface area contributed by atoms with Crippen molar-refractivity contribution in [2.45, 2.75) is 26.8 Å². The van der Waals surface area contributed by atoms with Crippen molar-refractivity contribution < 1.29 is 19.0 Å². The topological polar surface area (TPSA) is 60.0 Å². The van der Waals surface area contributed by atoms with Gasteiger partial charge in [-0.1, -0.05) is 19.9 Å². The first-order valence-corrected chi connectivity index (χ1v) is 9.57. The molecule has 1 amide bonds. The first kappa shape index (κ1) is 21.3. The first-order valence-electron chi connectivity index (χ1n) is 9.57. The molecule has 0 aromatic heterocycles. The SMILES string of the molecule is COc1cc(/C=C/C(=O)NC(C)CN2CCOCC2)ccc1OCC(C)C. The van der Waals surface area contributed by atoms with Crippen LogP contribution in [0.1, 0.15) is 26.3 Å². The third kappa shape index (κ3) is 7.61. The molecule has 1 saturated heterocycles. The second kappa shape index (κ2) is 10.9. The van der Waals surface area contributed by atoms with Gasteiger partial charge in [-0.05, 0) is 36.6 Å². The molecule has 0 radical (unpaired) electrons. The van der Waals surface area contributed by atoms with Gasteiger partial charge < -0.3 is 19.5 Å². The van der Waals surface area contributed by atoms with Crippen molar-refractivity contribution >= 4 is 12.0 Å². The highest BCUT2D eigenvalue weighted by Gasteiger charge is 2.14. The molecule has 6 heteroatoms. The van der Waals surface area contributed by atoms with Crippen LogP contribution in [0.25, 0.3) is 6.08 Å². The van der Waals surface area contributed by atoms with E-state index in [4.69, 9.17) is 14.2 Å². The molecule has 1 heterocycles. The summed E-state index contributed by atoms with van der Waals surface area (Å²) in [5.41, 5.74) is 0.889. The van der Waals surface area contributed by atoms with Crippen LogP contribution in [-0.2, 0) is 9.53 Å². The maximum absolute atomic E-state index is 12.2. The molecule has 0 bridgehead atoms. The van der Waals surface area contributed by atoms with Crippen molar-refractivity contribution in [3.05, 3.63) is 29.8 Å². The van der Waals surface area contributed by atoms with E-state index in [1.54, 1.807) is 19.3 Å². The maximum Gasteiger partial charge on any atom is 0.244 e. The smallest absolute Gasteiger partial charge is 0.244 e. The van der Waals surface area contributed by atoms with E-state index < -0.39 is 0 Å². The fourth-order valence-corrected chi connectivity index (χ4v) is 2.84. The molecule has 150 valence electrons. The molecule has 1 fully saturated rings. The number of nitrogens with zero attached hydrogens (tertiary/aromatic N) is 1. The highest BCUT2D eigenvalue weighted by atomic mass is 16.5. The number of hydrogen-bond donors (Lipinski definition) is 1. The fraction of sp³-hybridized carbons (Fsp3) is 0.571. The van der Waals surface area contributed by atoms with E-state index in [9.17, 15) is 4.79 Å².